The standard InChI is InChI=1S/C15H24N4O2/c1-4-6-14(20)18-7-9-19(10-8-18)15-16-12(3)11-13(17-15)21-5-2/h11H,4-10H2,1-3H3. The number of anilines is 1. The number of hydrogen-bond acceptors (Lipinski definition) is 5. The van der Waals surface area contributed by atoms with Crippen molar-refractivity contribution in [2.75, 3.05) is 37.7 Å². The zero-order chi connectivity index (χ0) is 15.2. The van der Waals surface area contributed by atoms with Gasteiger partial charge in [-0.15, -0.1) is 0 Å². The van der Waals surface area contributed by atoms with Crippen LogP contribution in [0.4, 0.5) is 5.95 Å². The number of aryl methyl sites for hydroxylation is 1. The Labute approximate surface area is 126 Å². The Hall–Kier alpha value is -1.85. The SMILES string of the molecule is CCCC(=O)N1CCN(c2nc(C)cc(OCC)n2)CC1. The van der Waals surface area contributed by atoms with Gasteiger partial charge in [0.05, 0.1) is 6.61 Å². The predicted octanol–water partition coefficient (Wildman–Crippen LogP) is 1.63. The van der Waals surface area contributed by atoms with Crippen LogP contribution in [0.1, 0.15) is 32.4 Å². The van der Waals surface area contributed by atoms with Gasteiger partial charge in [-0.05, 0) is 20.3 Å². The fraction of sp³-hybridized carbons (Fsp3) is 0.667. The summed E-state index contributed by atoms with van der Waals surface area (Å²) < 4.78 is 5.47. The fourth-order valence-electron chi connectivity index (χ4n) is 2.42. The van der Waals surface area contributed by atoms with Gasteiger partial charge in [0, 0.05) is 44.4 Å². The third-order valence-corrected chi connectivity index (χ3v) is 3.49. The molecule has 1 aliphatic heterocycles. The molecular formula is C15H24N4O2. The van der Waals surface area contributed by atoms with Crippen molar-refractivity contribution >= 4 is 11.9 Å². The minimum Gasteiger partial charge on any atom is -0.478 e. The quantitative estimate of drug-likeness (QED) is 0.825. The van der Waals surface area contributed by atoms with E-state index in [1.165, 1.54) is 0 Å². The maximum absolute atomic E-state index is 11.9. The van der Waals surface area contributed by atoms with Crippen LogP contribution in [0.5, 0.6) is 5.88 Å². The number of carbonyl (C=O) groups is 1. The van der Waals surface area contributed by atoms with Crippen LogP contribution in [0.25, 0.3) is 0 Å². The first-order chi connectivity index (χ1) is 10.1. The molecule has 0 bridgehead atoms. The molecule has 0 atom stereocenters. The minimum atomic E-state index is 0.248. The summed E-state index contributed by atoms with van der Waals surface area (Å²) in [5.41, 5.74) is 0.896. The predicted molar refractivity (Wildman–Crippen MR) is 81.6 cm³/mol. The summed E-state index contributed by atoms with van der Waals surface area (Å²) in [6, 6.07) is 1.84. The monoisotopic (exact) mass is 292 g/mol. The van der Waals surface area contributed by atoms with Gasteiger partial charge in [-0.25, -0.2) is 4.98 Å². The molecule has 0 unspecified atom stereocenters. The Balaban J connectivity index is 2.00. The van der Waals surface area contributed by atoms with Crippen molar-refractivity contribution in [3.05, 3.63) is 11.8 Å². The number of piperazine rings is 1. The highest BCUT2D eigenvalue weighted by molar-refractivity contribution is 5.76. The van der Waals surface area contributed by atoms with Crippen LogP contribution in [0.15, 0.2) is 6.07 Å². The molecule has 116 valence electrons. The molecule has 0 radical (unpaired) electrons. The molecule has 2 rings (SSSR count). The molecule has 1 saturated heterocycles. The van der Waals surface area contributed by atoms with Crippen LogP contribution >= 0.6 is 0 Å². The van der Waals surface area contributed by atoms with Crippen molar-refractivity contribution in [2.24, 2.45) is 0 Å². The number of nitrogens with zero attached hydrogens (tertiary/aromatic N) is 4. The largest absolute Gasteiger partial charge is 0.478 e. The topological polar surface area (TPSA) is 58.6 Å². The van der Waals surface area contributed by atoms with Gasteiger partial charge >= 0.3 is 0 Å². The third-order valence-electron chi connectivity index (χ3n) is 3.49. The Kier molecular flexibility index (Phi) is 5.36. The molecule has 0 aliphatic carbocycles. The third kappa shape index (κ3) is 4.06. The molecule has 1 amide bonds. The summed E-state index contributed by atoms with van der Waals surface area (Å²) in [6.45, 7) is 9.51. The fourth-order valence-corrected chi connectivity index (χ4v) is 2.42. The Morgan fingerprint density at radius 2 is 1.95 bits per heavy atom. The number of hydrogen-bond donors (Lipinski definition) is 0. The van der Waals surface area contributed by atoms with E-state index >= 15 is 0 Å². The number of rotatable bonds is 5. The lowest BCUT2D eigenvalue weighted by Crippen LogP contribution is -2.49. The summed E-state index contributed by atoms with van der Waals surface area (Å²) in [5.74, 6) is 1.56. The van der Waals surface area contributed by atoms with Crippen LogP contribution in [-0.2, 0) is 4.79 Å². The maximum Gasteiger partial charge on any atom is 0.228 e. The van der Waals surface area contributed by atoms with Crippen LogP contribution in [0.2, 0.25) is 0 Å². The molecule has 6 heteroatoms. The first kappa shape index (κ1) is 15.5. The van der Waals surface area contributed by atoms with Crippen molar-refractivity contribution in [1.29, 1.82) is 0 Å². The first-order valence-electron chi connectivity index (χ1n) is 7.65. The average Bonchev–Trinajstić information content (AvgIpc) is 2.47. The van der Waals surface area contributed by atoms with E-state index in [-0.39, 0.29) is 5.91 Å². The Bertz CT molecular complexity index is 485. The van der Waals surface area contributed by atoms with E-state index in [0.717, 1.165) is 38.3 Å². The number of amides is 1. The summed E-state index contributed by atoms with van der Waals surface area (Å²) >= 11 is 0. The van der Waals surface area contributed by atoms with Crippen LogP contribution in [0.3, 0.4) is 0 Å². The van der Waals surface area contributed by atoms with Crippen molar-refractivity contribution < 1.29 is 9.53 Å². The molecule has 0 aromatic carbocycles. The second-order valence-electron chi connectivity index (χ2n) is 5.20. The van der Waals surface area contributed by atoms with E-state index < -0.39 is 0 Å². The first-order valence-corrected chi connectivity index (χ1v) is 7.65. The highest BCUT2D eigenvalue weighted by Gasteiger charge is 2.22. The molecule has 1 aliphatic rings. The van der Waals surface area contributed by atoms with Gasteiger partial charge in [-0.2, -0.15) is 4.98 Å². The van der Waals surface area contributed by atoms with Gasteiger partial charge in [0.2, 0.25) is 17.7 Å². The summed E-state index contributed by atoms with van der Waals surface area (Å²) in [7, 11) is 0. The van der Waals surface area contributed by atoms with E-state index in [2.05, 4.69) is 14.9 Å². The van der Waals surface area contributed by atoms with E-state index in [9.17, 15) is 4.79 Å². The number of ether oxygens (including phenoxy) is 1. The normalized spacial score (nSPS) is 15.2. The maximum atomic E-state index is 11.9. The zero-order valence-corrected chi connectivity index (χ0v) is 13.1. The van der Waals surface area contributed by atoms with Gasteiger partial charge in [0.1, 0.15) is 0 Å². The highest BCUT2D eigenvalue weighted by atomic mass is 16.5. The van der Waals surface area contributed by atoms with Crippen molar-refractivity contribution in [1.82, 2.24) is 14.9 Å². The summed E-state index contributed by atoms with van der Waals surface area (Å²) in [4.78, 5) is 24.9. The molecule has 21 heavy (non-hydrogen) atoms. The van der Waals surface area contributed by atoms with E-state index in [4.69, 9.17) is 4.74 Å². The Morgan fingerprint density at radius 1 is 1.24 bits per heavy atom. The van der Waals surface area contributed by atoms with Crippen molar-refractivity contribution in [3.8, 4) is 5.88 Å². The molecule has 0 N–H and O–H groups in total. The number of carbonyl (C=O) groups excluding carboxylic acids is 1. The lowest BCUT2D eigenvalue weighted by atomic mass is 10.2. The van der Waals surface area contributed by atoms with Crippen molar-refractivity contribution in [3.63, 3.8) is 0 Å². The van der Waals surface area contributed by atoms with Crippen LogP contribution < -0.4 is 9.64 Å². The van der Waals surface area contributed by atoms with Gasteiger partial charge < -0.3 is 14.5 Å². The van der Waals surface area contributed by atoms with E-state index in [1.807, 2.05) is 31.7 Å². The smallest absolute Gasteiger partial charge is 0.228 e. The van der Waals surface area contributed by atoms with Gasteiger partial charge in [-0.1, -0.05) is 6.92 Å². The van der Waals surface area contributed by atoms with Gasteiger partial charge in [0.25, 0.3) is 0 Å². The molecule has 1 aromatic rings. The average molecular weight is 292 g/mol. The van der Waals surface area contributed by atoms with Crippen LogP contribution in [-0.4, -0.2) is 53.6 Å². The lowest BCUT2D eigenvalue weighted by Gasteiger charge is -2.34. The lowest BCUT2D eigenvalue weighted by molar-refractivity contribution is -0.131. The number of aromatic nitrogens is 2. The minimum absolute atomic E-state index is 0.248. The van der Waals surface area contributed by atoms with Gasteiger partial charge in [-0.3, -0.25) is 4.79 Å². The molecule has 0 saturated carbocycles. The van der Waals surface area contributed by atoms with Crippen molar-refractivity contribution in [2.45, 2.75) is 33.6 Å². The molecule has 1 fully saturated rings. The molecule has 6 nitrogen and oxygen atoms in total. The van der Waals surface area contributed by atoms with Gasteiger partial charge in [0.15, 0.2) is 0 Å². The Morgan fingerprint density at radius 3 is 2.57 bits per heavy atom. The van der Waals surface area contributed by atoms with E-state index in [0.29, 0.717) is 24.9 Å². The second kappa shape index (κ2) is 7.24. The summed E-state index contributed by atoms with van der Waals surface area (Å²) in [6.07, 6.45) is 1.53. The van der Waals surface area contributed by atoms with Crippen LogP contribution in [0, 0.1) is 6.92 Å². The molecule has 1 aromatic heterocycles. The second-order valence-corrected chi connectivity index (χ2v) is 5.20. The molecule has 0 spiro atoms. The molecule has 2 heterocycles. The highest BCUT2D eigenvalue weighted by Crippen LogP contribution is 2.17. The zero-order valence-electron chi connectivity index (χ0n) is 13.1. The van der Waals surface area contributed by atoms with E-state index in [1.54, 1.807) is 0 Å². The molecular weight excluding hydrogens is 268 g/mol. The summed E-state index contributed by atoms with van der Waals surface area (Å²) in [5, 5.41) is 0.